The highest BCUT2D eigenvalue weighted by molar-refractivity contribution is 7.13. The molecule has 1 fully saturated rings. The fraction of sp³-hybridized carbons (Fsp3) is 0.333. The van der Waals surface area contributed by atoms with Crippen molar-refractivity contribution in [3.8, 4) is 17.0 Å². The number of hydrogen-bond donors (Lipinski definition) is 1. The monoisotopic (exact) mass is 426 g/mol. The molecule has 0 radical (unpaired) electrons. The molecule has 1 N–H and O–H groups in total. The Bertz CT molecular complexity index is 1140. The molecular formula is C21H22N4O4S. The Labute approximate surface area is 177 Å². The minimum absolute atomic E-state index is 0.212. The lowest BCUT2D eigenvalue weighted by molar-refractivity contribution is 0.0928. The molecule has 1 aliphatic rings. The molecule has 4 rings (SSSR count). The van der Waals surface area contributed by atoms with Gasteiger partial charge < -0.3 is 14.8 Å². The fourth-order valence-corrected chi connectivity index (χ4v) is 4.32. The van der Waals surface area contributed by atoms with E-state index in [-0.39, 0.29) is 17.5 Å². The van der Waals surface area contributed by atoms with Gasteiger partial charge in [0.25, 0.3) is 11.5 Å². The van der Waals surface area contributed by atoms with Crippen molar-refractivity contribution < 1.29 is 14.3 Å². The number of carbonyl (C=O) groups is 1. The SMILES string of the molecule is COc1cccc(-c2ccc(=O)n(C3COCC3NC(=O)c3sc(C)nc3C)n2)c1. The van der Waals surface area contributed by atoms with Gasteiger partial charge in [-0.2, -0.15) is 5.10 Å². The van der Waals surface area contributed by atoms with Crippen LogP contribution >= 0.6 is 11.3 Å². The van der Waals surface area contributed by atoms with Gasteiger partial charge in [0.1, 0.15) is 16.7 Å². The highest BCUT2D eigenvalue weighted by Crippen LogP contribution is 2.24. The van der Waals surface area contributed by atoms with E-state index in [1.165, 1.54) is 22.1 Å². The molecule has 0 aliphatic carbocycles. The molecule has 2 unspecified atom stereocenters. The Hall–Kier alpha value is -3.04. The van der Waals surface area contributed by atoms with E-state index < -0.39 is 6.04 Å². The van der Waals surface area contributed by atoms with Gasteiger partial charge in [-0.05, 0) is 32.0 Å². The summed E-state index contributed by atoms with van der Waals surface area (Å²) in [6.45, 7) is 4.28. The molecule has 156 valence electrons. The minimum atomic E-state index is -0.402. The van der Waals surface area contributed by atoms with Crippen LogP contribution in [0, 0.1) is 13.8 Å². The molecule has 3 aromatic rings. The number of benzene rings is 1. The number of nitrogens with zero attached hydrogens (tertiary/aromatic N) is 3. The molecule has 30 heavy (non-hydrogen) atoms. The Morgan fingerprint density at radius 3 is 2.83 bits per heavy atom. The molecule has 1 aliphatic heterocycles. The van der Waals surface area contributed by atoms with Crippen molar-refractivity contribution in [2.75, 3.05) is 20.3 Å². The third kappa shape index (κ3) is 3.99. The number of rotatable bonds is 5. The summed E-state index contributed by atoms with van der Waals surface area (Å²) in [5.41, 5.74) is 1.92. The van der Waals surface area contributed by atoms with Crippen molar-refractivity contribution in [2.45, 2.75) is 25.9 Å². The maximum absolute atomic E-state index is 12.7. The average Bonchev–Trinajstić information content (AvgIpc) is 3.33. The van der Waals surface area contributed by atoms with E-state index in [0.29, 0.717) is 35.2 Å². The molecule has 0 saturated carbocycles. The first kappa shape index (κ1) is 20.2. The normalized spacial score (nSPS) is 18.4. The highest BCUT2D eigenvalue weighted by atomic mass is 32.1. The van der Waals surface area contributed by atoms with Crippen LogP contribution in [0.1, 0.15) is 26.4 Å². The molecule has 0 spiro atoms. The zero-order valence-corrected chi connectivity index (χ0v) is 17.7. The lowest BCUT2D eigenvalue weighted by Crippen LogP contribution is -2.44. The van der Waals surface area contributed by atoms with Crippen molar-refractivity contribution in [3.63, 3.8) is 0 Å². The summed E-state index contributed by atoms with van der Waals surface area (Å²) in [6, 6.07) is 9.86. The summed E-state index contributed by atoms with van der Waals surface area (Å²) < 4.78 is 12.3. The van der Waals surface area contributed by atoms with E-state index >= 15 is 0 Å². The number of nitrogens with one attached hydrogen (secondary N) is 1. The predicted molar refractivity (Wildman–Crippen MR) is 113 cm³/mol. The van der Waals surface area contributed by atoms with Crippen LogP contribution in [0.2, 0.25) is 0 Å². The molecular weight excluding hydrogens is 404 g/mol. The van der Waals surface area contributed by atoms with E-state index in [4.69, 9.17) is 9.47 Å². The third-order valence-electron chi connectivity index (χ3n) is 4.98. The quantitative estimate of drug-likeness (QED) is 0.673. The molecule has 2 atom stereocenters. The second kappa shape index (κ2) is 8.37. The summed E-state index contributed by atoms with van der Waals surface area (Å²) >= 11 is 1.35. The second-order valence-corrected chi connectivity index (χ2v) is 8.27. The van der Waals surface area contributed by atoms with E-state index in [0.717, 1.165) is 10.6 Å². The van der Waals surface area contributed by atoms with E-state index in [1.54, 1.807) is 13.2 Å². The van der Waals surface area contributed by atoms with E-state index in [9.17, 15) is 9.59 Å². The maximum atomic E-state index is 12.7. The molecule has 1 amide bonds. The molecule has 0 bridgehead atoms. The van der Waals surface area contributed by atoms with E-state index in [1.807, 2.05) is 38.1 Å². The predicted octanol–water partition coefficient (Wildman–Crippen LogP) is 2.36. The van der Waals surface area contributed by atoms with Crippen molar-refractivity contribution >= 4 is 17.2 Å². The van der Waals surface area contributed by atoms with Crippen LogP contribution in [0.4, 0.5) is 0 Å². The maximum Gasteiger partial charge on any atom is 0.267 e. The number of amides is 1. The molecule has 2 aromatic heterocycles. The summed E-state index contributed by atoms with van der Waals surface area (Å²) in [7, 11) is 1.60. The summed E-state index contributed by atoms with van der Waals surface area (Å²) in [6.07, 6.45) is 0. The van der Waals surface area contributed by atoms with Gasteiger partial charge in [0.15, 0.2) is 0 Å². The first-order valence-corrected chi connectivity index (χ1v) is 10.3. The molecule has 1 saturated heterocycles. The lowest BCUT2D eigenvalue weighted by Gasteiger charge is -2.20. The smallest absolute Gasteiger partial charge is 0.267 e. The van der Waals surface area contributed by atoms with Crippen molar-refractivity contribution in [2.24, 2.45) is 0 Å². The van der Waals surface area contributed by atoms with Gasteiger partial charge >= 0.3 is 0 Å². The largest absolute Gasteiger partial charge is 0.497 e. The second-order valence-electron chi connectivity index (χ2n) is 7.07. The van der Waals surface area contributed by atoms with Crippen LogP contribution in [-0.4, -0.2) is 47.0 Å². The van der Waals surface area contributed by atoms with Crippen LogP contribution in [-0.2, 0) is 4.74 Å². The van der Waals surface area contributed by atoms with Crippen LogP contribution in [0.5, 0.6) is 5.75 Å². The van der Waals surface area contributed by atoms with Gasteiger partial charge in [0.05, 0.1) is 42.8 Å². The van der Waals surface area contributed by atoms with E-state index in [2.05, 4.69) is 15.4 Å². The van der Waals surface area contributed by atoms with Gasteiger partial charge in [-0.1, -0.05) is 12.1 Å². The first-order valence-electron chi connectivity index (χ1n) is 9.53. The van der Waals surface area contributed by atoms with Crippen molar-refractivity contribution in [3.05, 3.63) is 62.3 Å². The van der Waals surface area contributed by atoms with Crippen molar-refractivity contribution in [1.29, 1.82) is 0 Å². The molecule has 3 heterocycles. The Morgan fingerprint density at radius 2 is 2.10 bits per heavy atom. The number of aryl methyl sites for hydroxylation is 2. The number of carbonyl (C=O) groups excluding carboxylic acids is 1. The Kier molecular flexibility index (Phi) is 5.65. The third-order valence-corrected chi connectivity index (χ3v) is 6.05. The standard InChI is InChI=1S/C21H22N4O4S/c1-12-20(30-13(2)22-12)21(27)23-17-10-29-11-18(17)25-19(26)8-7-16(24-25)14-5-4-6-15(9-14)28-3/h4-9,17-18H,10-11H2,1-3H3,(H,23,27). The molecule has 1 aromatic carbocycles. The number of ether oxygens (including phenoxy) is 2. The summed E-state index contributed by atoms with van der Waals surface area (Å²) in [4.78, 5) is 30.2. The molecule has 9 heteroatoms. The Morgan fingerprint density at radius 1 is 1.27 bits per heavy atom. The van der Waals surface area contributed by atoms with Gasteiger partial charge in [0, 0.05) is 11.6 Å². The zero-order valence-electron chi connectivity index (χ0n) is 16.9. The van der Waals surface area contributed by atoms with Crippen molar-refractivity contribution in [1.82, 2.24) is 20.1 Å². The van der Waals surface area contributed by atoms with Crippen LogP contribution in [0.15, 0.2) is 41.2 Å². The zero-order chi connectivity index (χ0) is 21.3. The topological polar surface area (TPSA) is 95.3 Å². The Balaban J connectivity index is 1.61. The number of aromatic nitrogens is 3. The fourth-order valence-electron chi connectivity index (χ4n) is 3.50. The first-order chi connectivity index (χ1) is 14.5. The van der Waals surface area contributed by atoms with Crippen LogP contribution < -0.4 is 15.6 Å². The molecule has 8 nitrogen and oxygen atoms in total. The number of thiazole rings is 1. The van der Waals surface area contributed by atoms with Gasteiger partial charge in [-0.25, -0.2) is 9.67 Å². The average molecular weight is 426 g/mol. The van der Waals surface area contributed by atoms with Crippen LogP contribution in [0.3, 0.4) is 0 Å². The summed E-state index contributed by atoms with van der Waals surface area (Å²) in [5, 5.41) is 8.38. The summed E-state index contributed by atoms with van der Waals surface area (Å²) in [5.74, 6) is 0.493. The number of hydrogen-bond acceptors (Lipinski definition) is 7. The number of methoxy groups -OCH3 is 1. The highest BCUT2D eigenvalue weighted by Gasteiger charge is 2.33. The van der Waals surface area contributed by atoms with Crippen LogP contribution in [0.25, 0.3) is 11.3 Å². The van der Waals surface area contributed by atoms with Gasteiger partial charge in [-0.3, -0.25) is 9.59 Å². The minimum Gasteiger partial charge on any atom is -0.497 e. The van der Waals surface area contributed by atoms with Gasteiger partial charge in [0.2, 0.25) is 0 Å². The van der Waals surface area contributed by atoms with Gasteiger partial charge in [-0.15, -0.1) is 11.3 Å². The lowest BCUT2D eigenvalue weighted by atomic mass is 10.1.